The van der Waals surface area contributed by atoms with Gasteiger partial charge in [-0.15, -0.1) is 0 Å². The number of methoxy groups -OCH3 is 1. The lowest BCUT2D eigenvalue weighted by Crippen LogP contribution is -2.39. The zero-order chi connectivity index (χ0) is 21.1. The Morgan fingerprint density at radius 3 is 2.52 bits per heavy atom. The Labute approximate surface area is 172 Å². The van der Waals surface area contributed by atoms with Crippen LogP contribution in [0.4, 0.5) is 5.69 Å². The molecule has 0 bridgehead atoms. The van der Waals surface area contributed by atoms with Gasteiger partial charge in [0.15, 0.2) is 0 Å². The minimum atomic E-state index is -0.277. The van der Waals surface area contributed by atoms with Crippen molar-refractivity contribution in [2.75, 3.05) is 45.7 Å². The highest BCUT2D eigenvalue weighted by Gasteiger charge is 2.20. The number of hydrogen-bond donors (Lipinski definition) is 3. The highest BCUT2D eigenvalue weighted by atomic mass is 16.5. The van der Waals surface area contributed by atoms with Crippen LogP contribution in [-0.4, -0.2) is 69.1 Å². The van der Waals surface area contributed by atoms with Crippen LogP contribution < -0.4 is 16.0 Å². The topological polar surface area (TPSA) is 99.8 Å². The quantitative estimate of drug-likeness (QED) is 0.484. The molecule has 3 amide bonds. The lowest BCUT2D eigenvalue weighted by molar-refractivity contribution is -0.123. The summed E-state index contributed by atoms with van der Waals surface area (Å²) in [7, 11) is 3.32. The molecule has 0 aromatic heterocycles. The number of benzene rings is 1. The number of nitrogens with one attached hydrogen (secondary N) is 3. The average Bonchev–Trinajstić information content (AvgIpc) is 3.18. The number of para-hydroxylation sites is 1. The summed E-state index contributed by atoms with van der Waals surface area (Å²) in [4.78, 5) is 38.5. The van der Waals surface area contributed by atoms with Gasteiger partial charge < -0.3 is 20.7 Å². The molecule has 1 saturated carbocycles. The Kier molecular flexibility index (Phi) is 9.59. The van der Waals surface area contributed by atoms with E-state index in [0.29, 0.717) is 24.4 Å². The third kappa shape index (κ3) is 8.21. The fourth-order valence-corrected chi connectivity index (χ4v) is 3.36. The number of carbonyl (C=O) groups is 3. The lowest BCUT2D eigenvalue weighted by Gasteiger charge is -2.18. The van der Waals surface area contributed by atoms with Crippen LogP contribution in [0.15, 0.2) is 24.3 Å². The van der Waals surface area contributed by atoms with Gasteiger partial charge in [0.25, 0.3) is 5.91 Å². The summed E-state index contributed by atoms with van der Waals surface area (Å²) in [6.07, 6.45) is 5.01. The van der Waals surface area contributed by atoms with Gasteiger partial charge in [0.1, 0.15) is 0 Å². The number of nitrogens with zero attached hydrogens (tertiary/aromatic N) is 1. The number of ether oxygens (including phenoxy) is 1. The van der Waals surface area contributed by atoms with Crippen molar-refractivity contribution in [3.8, 4) is 0 Å². The summed E-state index contributed by atoms with van der Waals surface area (Å²) in [5, 5.41) is 8.62. The monoisotopic (exact) mass is 404 g/mol. The molecule has 0 heterocycles. The maximum Gasteiger partial charge on any atom is 0.253 e. The summed E-state index contributed by atoms with van der Waals surface area (Å²) in [5.41, 5.74) is 0.928. The molecular formula is C21H32N4O4. The number of rotatable bonds is 11. The van der Waals surface area contributed by atoms with E-state index in [2.05, 4.69) is 16.0 Å². The van der Waals surface area contributed by atoms with E-state index in [4.69, 9.17) is 4.74 Å². The van der Waals surface area contributed by atoms with Crippen LogP contribution in [0.1, 0.15) is 42.5 Å². The second-order valence-electron chi connectivity index (χ2n) is 7.42. The van der Waals surface area contributed by atoms with Crippen LogP contribution in [0.5, 0.6) is 0 Å². The molecule has 0 saturated heterocycles. The van der Waals surface area contributed by atoms with Crippen LogP contribution in [0.3, 0.4) is 0 Å². The van der Waals surface area contributed by atoms with Crippen LogP contribution in [0.25, 0.3) is 0 Å². The maximum atomic E-state index is 12.6. The summed E-state index contributed by atoms with van der Waals surface area (Å²) in [6.45, 7) is 1.29. The predicted octanol–water partition coefficient (Wildman–Crippen LogP) is 1.38. The Morgan fingerprint density at radius 1 is 1.10 bits per heavy atom. The first kappa shape index (κ1) is 22.8. The Bertz CT molecular complexity index is 689. The molecule has 2 rings (SSSR count). The van der Waals surface area contributed by atoms with E-state index in [1.807, 2.05) is 0 Å². The summed E-state index contributed by atoms with van der Waals surface area (Å²) in [5.74, 6) is -0.592. The van der Waals surface area contributed by atoms with E-state index >= 15 is 0 Å². The first-order valence-electron chi connectivity index (χ1n) is 10.1. The SMILES string of the molecule is COCCCNC(=O)CN(C)CC(=O)Nc1ccccc1C(=O)NC1CCCC1. The molecule has 0 unspecified atom stereocenters. The number of amides is 3. The molecule has 3 N–H and O–H groups in total. The summed E-state index contributed by atoms with van der Waals surface area (Å²) >= 11 is 0. The van der Waals surface area contributed by atoms with Gasteiger partial charge >= 0.3 is 0 Å². The normalized spacial score (nSPS) is 14.0. The van der Waals surface area contributed by atoms with E-state index < -0.39 is 0 Å². The average molecular weight is 405 g/mol. The Hall–Kier alpha value is -2.45. The van der Waals surface area contributed by atoms with Crippen molar-refractivity contribution < 1.29 is 19.1 Å². The molecule has 1 aliphatic carbocycles. The van der Waals surface area contributed by atoms with Crippen molar-refractivity contribution >= 4 is 23.4 Å². The third-order valence-electron chi connectivity index (χ3n) is 4.81. The molecule has 1 aromatic carbocycles. The van der Waals surface area contributed by atoms with Crippen LogP contribution in [0.2, 0.25) is 0 Å². The number of anilines is 1. The largest absolute Gasteiger partial charge is 0.385 e. The minimum Gasteiger partial charge on any atom is -0.385 e. The van der Waals surface area contributed by atoms with E-state index in [0.717, 1.165) is 32.1 Å². The summed E-state index contributed by atoms with van der Waals surface area (Å²) < 4.78 is 4.93. The molecule has 0 radical (unpaired) electrons. The van der Waals surface area contributed by atoms with Gasteiger partial charge in [-0.05, 0) is 38.4 Å². The van der Waals surface area contributed by atoms with Gasteiger partial charge in [-0.1, -0.05) is 25.0 Å². The second-order valence-corrected chi connectivity index (χ2v) is 7.42. The van der Waals surface area contributed by atoms with E-state index in [1.54, 1.807) is 43.3 Å². The van der Waals surface area contributed by atoms with Crippen molar-refractivity contribution in [3.63, 3.8) is 0 Å². The second kappa shape index (κ2) is 12.2. The number of likely N-dealkylation sites (N-methyl/N-ethyl adjacent to an activating group) is 1. The predicted molar refractivity (Wildman–Crippen MR) is 112 cm³/mol. The maximum absolute atomic E-state index is 12.6. The Morgan fingerprint density at radius 2 is 1.79 bits per heavy atom. The van der Waals surface area contributed by atoms with Gasteiger partial charge in [-0.3, -0.25) is 19.3 Å². The smallest absolute Gasteiger partial charge is 0.253 e. The van der Waals surface area contributed by atoms with Gasteiger partial charge in [-0.2, -0.15) is 0 Å². The fraction of sp³-hybridized carbons (Fsp3) is 0.571. The van der Waals surface area contributed by atoms with Gasteiger partial charge in [0.2, 0.25) is 11.8 Å². The minimum absolute atomic E-state index is 0.0457. The molecule has 29 heavy (non-hydrogen) atoms. The standard InChI is InChI=1S/C21H32N4O4/c1-25(14-19(26)22-12-7-13-29-2)15-20(27)24-18-11-6-5-10-17(18)21(28)23-16-8-3-4-9-16/h5-6,10-11,16H,3-4,7-9,12-15H2,1-2H3,(H,22,26)(H,23,28)(H,24,27). The number of hydrogen-bond acceptors (Lipinski definition) is 5. The molecule has 0 aliphatic heterocycles. The lowest BCUT2D eigenvalue weighted by atomic mass is 10.1. The van der Waals surface area contributed by atoms with Gasteiger partial charge in [-0.25, -0.2) is 0 Å². The third-order valence-corrected chi connectivity index (χ3v) is 4.81. The molecule has 8 heteroatoms. The van der Waals surface area contributed by atoms with Gasteiger partial charge in [0, 0.05) is 26.3 Å². The molecule has 1 fully saturated rings. The highest BCUT2D eigenvalue weighted by molar-refractivity contribution is 6.04. The van der Waals surface area contributed by atoms with E-state index in [1.165, 1.54) is 0 Å². The molecular weight excluding hydrogens is 372 g/mol. The molecule has 1 aromatic rings. The summed E-state index contributed by atoms with van der Waals surface area (Å²) in [6, 6.07) is 7.18. The first-order valence-corrected chi connectivity index (χ1v) is 10.1. The van der Waals surface area contributed by atoms with Crippen molar-refractivity contribution in [2.45, 2.75) is 38.1 Å². The van der Waals surface area contributed by atoms with Crippen LogP contribution in [0, 0.1) is 0 Å². The van der Waals surface area contributed by atoms with E-state index in [-0.39, 0.29) is 36.9 Å². The van der Waals surface area contributed by atoms with Crippen molar-refractivity contribution in [1.29, 1.82) is 0 Å². The zero-order valence-corrected chi connectivity index (χ0v) is 17.3. The first-order chi connectivity index (χ1) is 14.0. The number of carbonyl (C=O) groups excluding carboxylic acids is 3. The molecule has 8 nitrogen and oxygen atoms in total. The van der Waals surface area contributed by atoms with E-state index in [9.17, 15) is 14.4 Å². The highest BCUT2D eigenvalue weighted by Crippen LogP contribution is 2.20. The Balaban J connectivity index is 1.82. The van der Waals surface area contributed by atoms with Crippen molar-refractivity contribution in [2.24, 2.45) is 0 Å². The molecule has 160 valence electrons. The van der Waals surface area contributed by atoms with Crippen molar-refractivity contribution in [3.05, 3.63) is 29.8 Å². The zero-order valence-electron chi connectivity index (χ0n) is 17.3. The van der Waals surface area contributed by atoms with Gasteiger partial charge in [0.05, 0.1) is 24.3 Å². The van der Waals surface area contributed by atoms with Crippen molar-refractivity contribution in [1.82, 2.24) is 15.5 Å². The van der Waals surface area contributed by atoms with Crippen LogP contribution in [-0.2, 0) is 14.3 Å². The molecule has 0 atom stereocenters. The molecule has 0 spiro atoms. The fourth-order valence-electron chi connectivity index (χ4n) is 3.36. The van der Waals surface area contributed by atoms with Crippen LogP contribution >= 0.6 is 0 Å². The molecule has 1 aliphatic rings.